The van der Waals surface area contributed by atoms with Gasteiger partial charge in [0.1, 0.15) is 13.2 Å². The Balaban J connectivity index is 1.81. The van der Waals surface area contributed by atoms with Crippen LogP contribution in [-0.2, 0) is 11.2 Å². The molecule has 0 bridgehead atoms. The van der Waals surface area contributed by atoms with E-state index in [0.29, 0.717) is 13.2 Å². The second-order valence-corrected chi connectivity index (χ2v) is 5.72. The Bertz CT molecular complexity index is 820. The van der Waals surface area contributed by atoms with E-state index >= 15 is 0 Å². The third-order valence-corrected chi connectivity index (χ3v) is 4.29. The Kier molecular flexibility index (Phi) is 3.30. The Morgan fingerprint density at radius 2 is 1.83 bits per heavy atom. The van der Waals surface area contributed by atoms with Gasteiger partial charge in [-0.15, -0.1) is 0 Å². The molecule has 0 spiro atoms. The first-order chi connectivity index (χ1) is 11.2. The van der Waals surface area contributed by atoms with Crippen molar-refractivity contribution in [1.29, 1.82) is 0 Å². The van der Waals surface area contributed by atoms with Crippen LogP contribution in [0.25, 0.3) is 11.1 Å². The molecular weight excluding hydrogens is 292 g/mol. The first-order valence-electron chi connectivity index (χ1n) is 7.64. The number of hydrogen-bond acceptors (Lipinski definition) is 3. The first kappa shape index (κ1) is 13.9. The molecule has 23 heavy (non-hydrogen) atoms. The highest BCUT2D eigenvalue weighted by Gasteiger charge is 2.25. The van der Waals surface area contributed by atoms with Crippen LogP contribution in [0.1, 0.15) is 23.1 Å². The normalized spacial score (nSPS) is 15.5. The van der Waals surface area contributed by atoms with E-state index in [2.05, 4.69) is 6.07 Å². The molecule has 0 radical (unpaired) electrons. The number of hydrogen-bond donors (Lipinski definition) is 1. The van der Waals surface area contributed by atoms with E-state index in [4.69, 9.17) is 9.47 Å². The van der Waals surface area contributed by atoms with Crippen molar-refractivity contribution < 1.29 is 19.4 Å². The SMILES string of the molecule is O=C(O)CC1=C(c2ccc3c(c2)OCCO3)Cc2ccccc21. The smallest absolute Gasteiger partial charge is 0.307 e. The lowest BCUT2D eigenvalue weighted by molar-refractivity contribution is -0.135. The van der Waals surface area contributed by atoms with E-state index in [9.17, 15) is 9.90 Å². The third kappa shape index (κ3) is 2.46. The minimum absolute atomic E-state index is 0.0286. The van der Waals surface area contributed by atoms with Crippen LogP contribution in [0.15, 0.2) is 42.5 Å². The van der Waals surface area contributed by atoms with Crippen LogP contribution >= 0.6 is 0 Å². The zero-order chi connectivity index (χ0) is 15.8. The minimum Gasteiger partial charge on any atom is -0.486 e. The molecule has 2 aromatic rings. The van der Waals surface area contributed by atoms with Gasteiger partial charge in [-0.2, -0.15) is 0 Å². The summed E-state index contributed by atoms with van der Waals surface area (Å²) in [5, 5.41) is 9.28. The van der Waals surface area contributed by atoms with E-state index in [1.54, 1.807) is 0 Å². The summed E-state index contributed by atoms with van der Waals surface area (Å²) < 4.78 is 11.2. The number of carbonyl (C=O) groups is 1. The molecule has 1 aliphatic carbocycles. The molecule has 2 aliphatic rings. The molecule has 0 saturated carbocycles. The van der Waals surface area contributed by atoms with Gasteiger partial charge in [0.25, 0.3) is 0 Å². The van der Waals surface area contributed by atoms with Crippen LogP contribution in [0.3, 0.4) is 0 Å². The topological polar surface area (TPSA) is 55.8 Å². The molecule has 4 nitrogen and oxygen atoms in total. The van der Waals surface area contributed by atoms with Gasteiger partial charge >= 0.3 is 5.97 Å². The van der Waals surface area contributed by atoms with E-state index in [0.717, 1.165) is 40.2 Å². The van der Waals surface area contributed by atoms with E-state index in [-0.39, 0.29) is 6.42 Å². The second kappa shape index (κ2) is 5.47. The average Bonchev–Trinajstić information content (AvgIpc) is 2.93. The fourth-order valence-electron chi connectivity index (χ4n) is 3.29. The number of ether oxygens (including phenoxy) is 2. The van der Waals surface area contributed by atoms with Gasteiger partial charge in [-0.05, 0) is 46.4 Å². The summed E-state index contributed by atoms with van der Waals surface area (Å²) in [6.45, 7) is 1.10. The first-order valence-corrected chi connectivity index (χ1v) is 7.64. The molecule has 0 unspecified atom stereocenters. The molecule has 116 valence electrons. The lowest BCUT2D eigenvalue weighted by Crippen LogP contribution is -2.15. The second-order valence-electron chi connectivity index (χ2n) is 5.72. The largest absolute Gasteiger partial charge is 0.486 e. The van der Waals surface area contributed by atoms with Gasteiger partial charge in [0.2, 0.25) is 0 Å². The predicted molar refractivity (Wildman–Crippen MR) is 86.6 cm³/mol. The van der Waals surface area contributed by atoms with Crippen molar-refractivity contribution in [2.24, 2.45) is 0 Å². The fourth-order valence-corrected chi connectivity index (χ4v) is 3.29. The summed E-state index contributed by atoms with van der Waals surface area (Å²) in [6.07, 6.45) is 0.777. The zero-order valence-electron chi connectivity index (χ0n) is 12.5. The standard InChI is InChI=1S/C19H16O4/c20-19(21)11-16-14-4-2-1-3-12(14)9-15(16)13-5-6-17-18(10-13)23-8-7-22-17/h1-6,10H,7-9,11H2,(H,20,21). The molecule has 4 heteroatoms. The molecule has 1 aliphatic heterocycles. The molecule has 0 saturated heterocycles. The van der Waals surface area contributed by atoms with Crippen molar-refractivity contribution in [2.45, 2.75) is 12.8 Å². The fraction of sp³-hybridized carbons (Fsp3) is 0.211. The average molecular weight is 308 g/mol. The lowest BCUT2D eigenvalue weighted by Gasteiger charge is -2.19. The lowest BCUT2D eigenvalue weighted by atomic mass is 9.97. The highest BCUT2D eigenvalue weighted by Crippen LogP contribution is 2.42. The predicted octanol–water partition coefficient (Wildman–Crippen LogP) is 3.40. The Hall–Kier alpha value is -2.75. The molecule has 1 heterocycles. The highest BCUT2D eigenvalue weighted by atomic mass is 16.6. The van der Waals surface area contributed by atoms with Gasteiger partial charge < -0.3 is 14.6 Å². The number of fused-ring (bicyclic) bond motifs is 2. The summed E-state index contributed by atoms with van der Waals surface area (Å²) in [5.74, 6) is 0.662. The Labute approximate surface area is 134 Å². The maximum absolute atomic E-state index is 11.3. The monoisotopic (exact) mass is 308 g/mol. The van der Waals surface area contributed by atoms with Crippen molar-refractivity contribution in [1.82, 2.24) is 0 Å². The summed E-state index contributed by atoms with van der Waals surface area (Å²) in [4.78, 5) is 11.3. The van der Waals surface area contributed by atoms with E-state index < -0.39 is 5.97 Å². The molecule has 0 amide bonds. The Morgan fingerprint density at radius 1 is 1.04 bits per heavy atom. The molecule has 1 N–H and O–H groups in total. The number of carboxylic acids is 1. The van der Waals surface area contributed by atoms with Crippen molar-refractivity contribution in [2.75, 3.05) is 13.2 Å². The maximum Gasteiger partial charge on any atom is 0.307 e. The zero-order valence-corrected chi connectivity index (χ0v) is 12.5. The minimum atomic E-state index is -0.813. The molecule has 0 fully saturated rings. The van der Waals surface area contributed by atoms with Crippen LogP contribution in [0, 0.1) is 0 Å². The van der Waals surface area contributed by atoms with Crippen molar-refractivity contribution in [3.63, 3.8) is 0 Å². The van der Waals surface area contributed by atoms with Crippen LogP contribution in [-0.4, -0.2) is 24.3 Å². The highest BCUT2D eigenvalue weighted by molar-refractivity contribution is 6.02. The number of rotatable bonds is 3. The van der Waals surface area contributed by atoms with Gasteiger partial charge in [0, 0.05) is 0 Å². The molecular formula is C19H16O4. The molecule has 0 aromatic heterocycles. The van der Waals surface area contributed by atoms with Gasteiger partial charge in [-0.1, -0.05) is 30.3 Å². The maximum atomic E-state index is 11.3. The third-order valence-electron chi connectivity index (χ3n) is 4.29. The van der Waals surface area contributed by atoms with Gasteiger partial charge in [0.05, 0.1) is 6.42 Å². The van der Waals surface area contributed by atoms with Crippen LogP contribution in [0.4, 0.5) is 0 Å². The molecule has 2 aromatic carbocycles. The van der Waals surface area contributed by atoms with Crippen molar-refractivity contribution in [3.05, 3.63) is 59.2 Å². The van der Waals surface area contributed by atoms with Crippen molar-refractivity contribution in [3.8, 4) is 11.5 Å². The number of benzene rings is 2. The number of aliphatic carboxylic acids is 1. The molecule has 0 atom stereocenters. The van der Waals surface area contributed by atoms with Gasteiger partial charge in [0.15, 0.2) is 11.5 Å². The molecule has 4 rings (SSSR count). The van der Waals surface area contributed by atoms with Gasteiger partial charge in [-0.3, -0.25) is 4.79 Å². The van der Waals surface area contributed by atoms with E-state index in [1.807, 2.05) is 36.4 Å². The number of allylic oxidation sites excluding steroid dienone is 1. The van der Waals surface area contributed by atoms with E-state index in [1.165, 1.54) is 5.56 Å². The summed E-state index contributed by atoms with van der Waals surface area (Å²) in [5.41, 5.74) is 5.17. The number of carboxylic acid groups (broad SMARTS) is 1. The van der Waals surface area contributed by atoms with Crippen LogP contribution in [0.5, 0.6) is 11.5 Å². The van der Waals surface area contributed by atoms with Crippen LogP contribution in [0.2, 0.25) is 0 Å². The summed E-state index contributed by atoms with van der Waals surface area (Å²) >= 11 is 0. The Morgan fingerprint density at radius 3 is 2.65 bits per heavy atom. The quantitative estimate of drug-likeness (QED) is 0.944. The van der Waals surface area contributed by atoms with Gasteiger partial charge in [-0.25, -0.2) is 0 Å². The summed E-state index contributed by atoms with van der Waals surface area (Å²) in [6, 6.07) is 13.8. The van der Waals surface area contributed by atoms with Crippen LogP contribution < -0.4 is 9.47 Å². The summed E-state index contributed by atoms with van der Waals surface area (Å²) in [7, 11) is 0. The van der Waals surface area contributed by atoms with Crippen molar-refractivity contribution >= 4 is 17.1 Å².